The minimum absolute atomic E-state index is 0.00969. The van der Waals surface area contributed by atoms with Crippen LogP contribution >= 0.6 is 0 Å². The average Bonchev–Trinajstić information content (AvgIpc) is 3.42. The van der Waals surface area contributed by atoms with E-state index < -0.39 is 0 Å². The zero-order chi connectivity index (χ0) is 26.2. The molecule has 37 heavy (non-hydrogen) atoms. The molecular formula is C29H33N5O3. The van der Waals surface area contributed by atoms with E-state index in [1.54, 1.807) is 19.3 Å². The number of piperidine rings is 1. The van der Waals surface area contributed by atoms with Crippen LogP contribution < -0.4 is 0 Å². The van der Waals surface area contributed by atoms with E-state index in [-0.39, 0.29) is 17.6 Å². The molecule has 8 heteroatoms. The van der Waals surface area contributed by atoms with E-state index in [9.17, 15) is 9.59 Å². The first kappa shape index (κ1) is 26.2. The Morgan fingerprint density at radius 1 is 1.08 bits per heavy atom. The standard InChI is InChI=1S/C19H20N4O.C10H13NO2/c24-18(17-16-8-9-20-19(16)22-13-21-17)15-7-4-10-23(12-15)11-14-5-2-1-3-6-14;1-8-6-4-5-7-9(8)10(12)11(2)13-3/h1-3,5-6,8-9,13,15H,4,7,10-12H2,(H,20,21,22);4-7H,1-3H3. The number of hydrogen-bond acceptors (Lipinski definition) is 6. The number of nitrogens with one attached hydrogen (secondary N) is 1. The third-order valence-corrected chi connectivity index (χ3v) is 6.65. The first-order valence-electron chi connectivity index (χ1n) is 12.4. The molecule has 0 aliphatic carbocycles. The average molecular weight is 500 g/mol. The number of carbonyl (C=O) groups is 2. The summed E-state index contributed by atoms with van der Waals surface area (Å²) in [6.45, 7) is 4.64. The van der Waals surface area contributed by atoms with Crippen molar-refractivity contribution in [3.63, 3.8) is 0 Å². The number of benzene rings is 2. The molecule has 1 fully saturated rings. The van der Waals surface area contributed by atoms with Gasteiger partial charge in [0.15, 0.2) is 5.78 Å². The first-order chi connectivity index (χ1) is 18.0. The smallest absolute Gasteiger partial charge is 0.277 e. The largest absolute Gasteiger partial charge is 0.346 e. The lowest BCUT2D eigenvalue weighted by Crippen LogP contribution is -2.38. The van der Waals surface area contributed by atoms with Crippen molar-refractivity contribution >= 4 is 22.7 Å². The molecule has 2 aromatic heterocycles. The zero-order valence-corrected chi connectivity index (χ0v) is 21.6. The van der Waals surface area contributed by atoms with Crippen molar-refractivity contribution in [2.75, 3.05) is 27.2 Å². The Morgan fingerprint density at radius 2 is 1.84 bits per heavy atom. The third kappa shape index (κ3) is 6.47. The Labute approximate surface area is 217 Å². The molecule has 3 heterocycles. The highest BCUT2D eigenvalue weighted by Gasteiger charge is 2.28. The van der Waals surface area contributed by atoms with Crippen molar-refractivity contribution in [1.82, 2.24) is 24.9 Å². The van der Waals surface area contributed by atoms with Gasteiger partial charge in [0.05, 0.1) is 7.11 Å². The van der Waals surface area contributed by atoms with E-state index in [0.29, 0.717) is 11.3 Å². The lowest BCUT2D eigenvalue weighted by molar-refractivity contribution is -0.0757. The molecule has 1 amide bonds. The van der Waals surface area contributed by atoms with Crippen LogP contribution in [0.25, 0.3) is 11.0 Å². The second-order valence-corrected chi connectivity index (χ2v) is 9.19. The predicted octanol–water partition coefficient (Wildman–Crippen LogP) is 4.68. The number of aryl methyl sites for hydroxylation is 1. The van der Waals surface area contributed by atoms with Crippen LogP contribution in [-0.2, 0) is 11.4 Å². The van der Waals surface area contributed by atoms with Crippen molar-refractivity contribution in [3.8, 4) is 0 Å². The van der Waals surface area contributed by atoms with E-state index in [2.05, 4.69) is 44.1 Å². The molecule has 1 N–H and O–H groups in total. The van der Waals surface area contributed by atoms with E-state index in [0.717, 1.165) is 49.1 Å². The number of amides is 1. The van der Waals surface area contributed by atoms with Crippen LogP contribution in [0.4, 0.5) is 0 Å². The van der Waals surface area contributed by atoms with Gasteiger partial charge in [-0.25, -0.2) is 15.0 Å². The number of carbonyl (C=O) groups excluding carboxylic acids is 2. The van der Waals surface area contributed by atoms with Gasteiger partial charge in [0, 0.05) is 43.2 Å². The molecule has 2 aromatic carbocycles. The number of aromatic nitrogens is 3. The number of nitrogens with zero attached hydrogens (tertiary/aromatic N) is 4. The van der Waals surface area contributed by atoms with Gasteiger partial charge < -0.3 is 4.98 Å². The Bertz CT molecular complexity index is 1340. The van der Waals surface area contributed by atoms with Gasteiger partial charge in [-0.2, -0.15) is 0 Å². The summed E-state index contributed by atoms with van der Waals surface area (Å²) < 4.78 is 0. The fourth-order valence-corrected chi connectivity index (χ4v) is 4.58. The molecule has 0 radical (unpaired) electrons. The minimum Gasteiger partial charge on any atom is -0.346 e. The number of hydroxylamine groups is 2. The van der Waals surface area contributed by atoms with Crippen LogP contribution in [0.3, 0.4) is 0 Å². The summed E-state index contributed by atoms with van der Waals surface area (Å²) in [5.41, 5.74) is 4.20. The topological polar surface area (TPSA) is 91.4 Å². The molecule has 1 aliphatic rings. The van der Waals surface area contributed by atoms with Crippen molar-refractivity contribution in [1.29, 1.82) is 0 Å². The van der Waals surface area contributed by atoms with Crippen molar-refractivity contribution in [2.45, 2.75) is 26.3 Å². The van der Waals surface area contributed by atoms with Gasteiger partial charge in [-0.1, -0.05) is 48.5 Å². The monoisotopic (exact) mass is 499 g/mol. The normalized spacial score (nSPS) is 15.6. The van der Waals surface area contributed by atoms with Crippen molar-refractivity contribution in [3.05, 3.63) is 95.6 Å². The maximum atomic E-state index is 13.0. The van der Waals surface area contributed by atoms with Gasteiger partial charge in [0.25, 0.3) is 5.91 Å². The highest BCUT2D eigenvalue weighted by Crippen LogP contribution is 2.24. The van der Waals surface area contributed by atoms with Gasteiger partial charge in [-0.05, 0) is 49.6 Å². The minimum atomic E-state index is -0.124. The zero-order valence-electron chi connectivity index (χ0n) is 21.6. The number of hydrogen-bond donors (Lipinski definition) is 1. The van der Waals surface area contributed by atoms with Crippen LogP contribution in [0.1, 0.15) is 44.8 Å². The summed E-state index contributed by atoms with van der Waals surface area (Å²) in [6.07, 6.45) is 5.25. The van der Waals surface area contributed by atoms with Crippen LogP contribution in [0, 0.1) is 12.8 Å². The molecule has 4 aromatic rings. The van der Waals surface area contributed by atoms with Crippen molar-refractivity contribution in [2.24, 2.45) is 5.92 Å². The lowest BCUT2D eigenvalue weighted by Gasteiger charge is -2.31. The number of aromatic amines is 1. The van der Waals surface area contributed by atoms with Gasteiger partial charge in [0.1, 0.15) is 17.7 Å². The van der Waals surface area contributed by atoms with Gasteiger partial charge >= 0.3 is 0 Å². The number of rotatable bonds is 6. The SMILES string of the molecule is CON(C)C(=O)c1ccccc1C.O=C(c1ncnc2[nH]ccc12)C1CCCN(Cc2ccccc2)C1. The molecule has 0 saturated carbocycles. The van der Waals surface area contributed by atoms with E-state index >= 15 is 0 Å². The highest BCUT2D eigenvalue weighted by molar-refractivity contribution is 6.06. The number of H-pyrrole nitrogens is 1. The van der Waals surface area contributed by atoms with E-state index in [1.165, 1.54) is 24.1 Å². The summed E-state index contributed by atoms with van der Waals surface area (Å²) in [6, 6.07) is 19.7. The van der Waals surface area contributed by atoms with E-state index in [1.807, 2.05) is 37.3 Å². The quantitative estimate of drug-likeness (QED) is 0.306. The van der Waals surface area contributed by atoms with E-state index in [4.69, 9.17) is 4.84 Å². The second kappa shape index (κ2) is 12.4. The Morgan fingerprint density at radius 3 is 2.59 bits per heavy atom. The fourth-order valence-electron chi connectivity index (χ4n) is 4.58. The molecular weight excluding hydrogens is 466 g/mol. The maximum Gasteiger partial charge on any atom is 0.277 e. The summed E-state index contributed by atoms with van der Waals surface area (Å²) in [4.78, 5) is 43.2. The van der Waals surface area contributed by atoms with Gasteiger partial charge in [0.2, 0.25) is 0 Å². The van der Waals surface area contributed by atoms with Gasteiger partial charge in [-0.3, -0.25) is 19.3 Å². The molecule has 1 saturated heterocycles. The molecule has 0 bridgehead atoms. The first-order valence-corrected chi connectivity index (χ1v) is 12.4. The molecule has 8 nitrogen and oxygen atoms in total. The summed E-state index contributed by atoms with van der Waals surface area (Å²) in [7, 11) is 3.06. The van der Waals surface area contributed by atoms with Crippen LogP contribution in [0.15, 0.2) is 73.2 Å². The Balaban J connectivity index is 0.000000209. The van der Waals surface area contributed by atoms with Crippen LogP contribution in [0.2, 0.25) is 0 Å². The summed E-state index contributed by atoms with van der Waals surface area (Å²) >= 11 is 0. The van der Waals surface area contributed by atoms with Gasteiger partial charge in [-0.15, -0.1) is 0 Å². The molecule has 1 unspecified atom stereocenters. The third-order valence-electron chi connectivity index (χ3n) is 6.65. The fraction of sp³-hybridized carbons (Fsp3) is 0.310. The number of Topliss-reactive ketones (excluding diaryl/α,β-unsaturated/α-hetero) is 1. The molecule has 1 atom stereocenters. The predicted molar refractivity (Wildman–Crippen MR) is 143 cm³/mol. The molecule has 5 rings (SSSR count). The second-order valence-electron chi connectivity index (χ2n) is 9.19. The Hall–Kier alpha value is -3.88. The van der Waals surface area contributed by atoms with Crippen molar-refractivity contribution < 1.29 is 14.4 Å². The molecule has 1 aliphatic heterocycles. The summed E-state index contributed by atoms with van der Waals surface area (Å²) in [5, 5.41) is 2.03. The lowest BCUT2D eigenvalue weighted by atomic mass is 9.91. The Kier molecular flexibility index (Phi) is 8.77. The summed E-state index contributed by atoms with van der Waals surface area (Å²) in [5.74, 6) is 0.0239. The number of ketones is 1. The number of fused-ring (bicyclic) bond motifs is 1. The number of likely N-dealkylation sites (tertiary alicyclic amines) is 1. The molecule has 0 spiro atoms. The highest BCUT2D eigenvalue weighted by atomic mass is 16.7. The van der Waals surface area contributed by atoms with Crippen LogP contribution in [0.5, 0.6) is 0 Å². The molecule has 192 valence electrons. The van der Waals surface area contributed by atoms with Crippen LogP contribution in [-0.4, -0.2) is 63.9 Å². The maximum absolute atomic E-state index is 13.0.